The Balaban J connectivity index is 1.83. The highest BCUT2D eigenvalue weighted by Crippen LogP contribution is 2.20. The maximum Gasteiger partial charge on any atom is 0.270 e. The normalized spacial score (nSPS) is 10.8. The van der Waals surface area contributed by atoms with E-state index in [-0.39, 0.29) is 18.3 Å². The fourth-order valence-electron chi connectivity index (χ4n) is 2.83. The van der Waals surface area contributed by atoms with Gasteiger partial charge in [0.05, 0.1) is 0 Å². The number of aryl methyl sites for hydroxylation is 1. The summed E-state index contributed by atoms with van der Waals surface area (Å²) in [6.45, 7) is 2.29. The molecule has 0 aliphatic rings. The third-order valence-corrected chi connectivity index (χ3v) is 4.26. The Labute approximate surface area is 146 Å². The summed E-state index contributed by atoms with van der Waals surface area (Å²) in [6.07, 6.45) is 4.85. The highest BCUT2D eigenvalue weighted by atomic mass is 19.1. The predicted octanol–water partition coefficient (Wildman–Crippen LogP) is 4.65. The number of aromatic nitrogens is 1. The lowest BCUT2D eigenvalue weighted by Gasteiger charge is -2.09. The largest absolute Gasteiger partial charge is 0.346 e. The molecule has 3 aromatic rings. The number of carbonyl (C=O) groups excluding carboxylic acids is 1. The van der Waals surface area contributed by atoms with Crippen LogP contribution in [0.15, 0.2) is 54.7 Å². The van der Waals surface area contributed by atoms with Gasteiger partial charge in [0, 0.05) is 23.7 Å². The van der Waals surface area contributed by atoms with E-state index in [0.717, 1.165) is 30.0 Å². The molecule has 4 heteroatoms. The molecule has 0 aliphatic heterocycles. The van der Waals surface area contributed by atoms with Crippen LogP contribution in [-0.2, 0) is 13.0 Å². The van der Waals surface area contributed by atoms with Crippen LogP contribution in [0.1, 0.15) is 41.4 Å². The summed E-state index contributed by atoms with van der Waals surface area (Å²) in [5.41, 5.74) is 2.04. The first-order chi connectivity index (χ1) is 12.2. The van der Waals surface area contributed by atoms with Gasteiger partial charge in [-0.1, -0.05) is 43.7 Å². The molecule has 0 atom stereocenters. The third-order valence-electron chi connectivity index (χ3n) is 4.26. The molecule has 1 amide bonds. The van der Waals surface area contributed by atoms with Crippen LogP contribution in [0.3, 0.4) is 0 Å². The number of carbonyl (C=O) groups is 1. The van der Waals surface area contributed by atoms with Crippen LogP contribution in [0.5, 0.6) is 0 Å². The number of hydrogen-bond acceptors (Lipinski definition) is 2. The van der Waals surface area contributed by atoms with E-state index >= 15 is 0 Å². The van der Waals surface area contributed by atoms with Gasteiger partial charge in [0.2, 0.25) is 0 Å². The molecule has 0 spiro atoms. The minimum atomic E-state index is -0.324. The van der Waals surface area contributed by atoms with Gasteiger partial charge in [-0.15, -0.1) is 0 Å². The Bertz CT molecular complexity index is 892. The molecule has 0 fully saturated rings. The molecule has 0 saturated carbocycles. The zero-order valence-electron chi connectivity index (χ0n) is 14.3. The highest BCUT2D eigenvalue weighted by Gasteiger charge is 2.13. The van der Waals surface area contributed by atoms with Gasteiger partial charge < -0.3 is 5.32 Å². The van der Waals surface area contributed by atoms with Gasteiger partial charge in [-0.2, -0.15) is 0 Å². The Morgan fingerprint density at radius 3 is 2.80 bits per heavy atom. The van der Waals surface area contributed by atoms with Crippen molar-refractivity contribution >= 4 is 16.7 Å². The molecule has 0 unspecified atom stereocenters. The molecule has 0 radical (unpaired) electrons. The van der Waals surface area contributed by atoms with Gasteiger partial charge in [0.1, 0.15) is 11.5 Å². The van der Waals surface area contributed by atoms with Crippen molar-refractivity contribution in [2.75, 3.05) is 0 Å². The van der Waals surface area contributed by atoms with Gasteiger partial charge in [-0.3, -0.25) is 9.78 Å². The smallest absolute Gasteiger partial charge is 0.270 e. The van der Waals surface area contributed by atoms with Crippen molar-refractivity contribution < 1.29 is 9.18 Å². The average Bonchev–Trinajstić information content (AvgIpc) is 2.64. The third kappa shape index (κ3) is 4.02. The quantitative estimate of drug-likeness (QED) is 0.712. The van der Waals surface area contributed by atoms with Crippen LogP contribution < -0.4 is 5.32 Å². The molecular formula is C21H21FN2O. The van der Waals surface area contributed by atoms with Crippen molar-refractivity contribution in [1.82, 2.24) is 10.3 Å². The topological polar surface area (TPSA) is 42.0 Å². The van der Waals surface area contributed by atoms with E-state index in [1.54, 1.807) is 24.4 Å². The first kappa shape index (κ1) is 17.1. The maximum absolute atomic E-state index is 13.7. The number of nitrogens with one attached hydrogen (secondary N) is 1. The molecular weight excluding hydrogens is 315 g/mol. The van der Waals surface area contributed by atoms with Crippen LogP contribution >= 0.6 is 0 Å². The highest BCUT2D eigenvalue weighted by molar-refractivity contribution is 6.05. The van der Waals surface area contributed by atoms with Gasteiger partial charge in [-0.25, -0.2) is 4.39 Å². The SMILES string of the molecule is CCCCc1ccc2ccnc(C(=O)NCc3ccccc3F)c2c1. The van der Waals surface area contributed by atoms with Crippen molar-refractivity contribution in [3.05, 3.63) is 77.4 Å². The molecule has 25 heavy (non-hydrogen) atoms. The summed E-state index contributed by atoms with van der Waals surface area (Å²) in [6, 6.07) is 14.5. The van der Waals surface area contributed by atoms with Gasteiger partial charge >= 0.3 is 0 Å². The standard InChI is InChI=1S/C21H21FN2O/c1-2-3-6-15-9-10-16-11-12-23-20(18(16)13-15)21(25)24-14-17-7-4-5-8-19(17)22/h4-5,7-13H,2-3,6,14H2,1H3,(H,24,25). The van der Waals surface area contributed by atoms with Crippen LogP contribution in [0.25, 0.3) is 10.8 Å². The summed E-state index contributed by atoms with van der Waals surface area (Å²) in [4.78, 5) is 16.8. The number of fused-ring (bicyclic) bond motifs is 1. The minimum absolute atomic E-state index is 0.138. The monoisotopic (exact) mass is 336 g/mol. The van der Waals surface area contributed by atoms with Gasteiger partial charge in [-0.05, 0) is 42.0 Å². The second kappa shape index (κ2) is 7.88. The number of hydrogen-bond donors (Lipinski definition) is 1. The summed E-state index contributed by atoms with van der Waals surface area (Å²) >= 11 is 0. The zero-order chi connectivity index (χ0) is 17.6. The molecule has 1 aromatic heterocycles. The fourth-order valence-corrected chi connectivity index (χ4v) is 2.83. The second-order valence-corrected chi connectivity index (χ2v) is 6.09. The summed E-state index contributed by atoms with van der Waals surface area (Å²) < 4.78 is 13.7. The van der Waals surface area contributed by atoms with E-state index in [1.165, 1.54) is 11.6 Å². The molecule has 128 valence electrons. The minimum Gasteiger partial charge on any atom is -0.346 e. The number of halogens is 1. The lowest BCUT2D eigenvalue weighted by Crippen LogP contribution is -2.24. The molecule has 2 aromatic carbocycles. The molecule has 1 heterocycles. The average molecular weight is 336 g/mol. The number of benzene rings is 2. The zero-order valence-corrected chi connectivity index (χ0v) is 14.3. The van der Waals surface area contributed by atoms with E-state index in [1.807, 2.05) is 18.2 Å². The van der Waals surface area contributed by atoms with Crippen molar-refractivity contribution in [2.24, 2.45) is 0 Å². The number of nitrogens with zero attached hydrogens (tertiary/aromatic N) is 1. The van der Waals surface area contributed by atoms with Crippen molar-refractivity contribution in [1.29, 1.82) is 0 Å². The van der Waals surface area contributed by atoms with E-state index in [4.69, 9.17) is 0 Å². The molecule has 0 bridgehead atoms. The van der Waals surface area contributed by atoms with E-state index in [2.05, 4.69) is 23.3 Å². The molecule has 3 nitrogen and oxygen atoms in total. The number of pyridine rings is 1. The van der Waals surface area contributed by atoms with Crippen LogP contribution in [0, 0.1) is 5.82 Å². The van der Waals surface area contributed by atoms with Crippen LogP contribution in [0.4, 0.5) is 4.39 Å². The van der Waals surface area contributed by atoms with Crippen LogP contribution in [-0.4, -0.2) is 10.9 Å². The van der Waals surface area contributed by atoms with E-state index in [9.17, 15) is 9.18 Å². The Kier molecular flexibility index (Phi) is 5.39. The predicted molar refractivity (Wildman–Crippen MR) is 97.9 cm³/mol. The fraction of sp³-hybridized carbons (Fsp3) is 0.238. The molecule has 3 rings (SSSR count). The van der Waals surface area contributed by atoms with Crippen molar-refractivity contribution in [3.63, 3.8) is 0 Å². The lowest BCUT2D eigenvalue weighted by atomic mass is 10.0. The van der Waals surface area contributed by atoms with Crippen molar-refractivity contribution in [2.45, 2.75) is 32.7 Å². The van der Waals surface area contributed by atoms with Gasteiger partial charge in [0.15, 0.2) is 0 Å². The first-order valence-corrected chi connectivity index (χ1v) is 8.58. The molecule has 1 N–H and O–H groups in total. The van der Waals surface area contributed by atoms with E-state index in [0.29, 0.717) is 11.3 Å². The Hall–Kier alpha value is -2.75. The summed E-state index contributed by atoms with van der Waals surface area (Å²) in [7, 11) is 0. The Morgan fingerprint density at radius 1 is 1.16 bits per heavy atom. The molecule has 0 aliphatic carbocycles. The second-order valence-electron chi connectivity index (χ2n) is 6.09. The Morgan fingerprint density at radius 2 is 2.00 bits per heavy atom. The first-order valence-electron chi connectivity index (χ1n) is 8.58. The number of amides is 1. The number of unbranched alkanes of at least 4 members (excludes halogenated alkanes) is 1. The van der Waals surface area contributed by atoms with Gasteiger partial charge in [0.25, 0.3) is 5.91 Å². The maximum atomic E-state index is 13.7. The van der Waals surface area contributed by atoms with Crippen LogP contribution in [0.2, 0.25) is 0 Å². The molecule has 0 saturated heterocycles. The van der Waals surface area contributed by atoms with E-state index < -0.39 is 0 Å². The van der Waals surface area contributed by atoms with Crippen molar-refractivity contribution in [3.8, 4) is 0 Å². The summed E-state index contributed by atoms with van der Waals surface area (Å²) in [5, 5.41) is 4.58. The number of rotatable bonds is 6. The summed E-state index contributed by atoms with van der Waals surface area (Å²) in [5.74, 6) is -0.614. The lowest BCUT2D eigenvalue weighted by molar-refractivity contribution is 0.0947.